The van der Waals surface area contributed by atoms with E-state index in [1.54, 1.807) is 0 Å². The molecule has 3 atom stereocenters. The van der Waals surface area contributed by atoms with Gasteiger partial charge in [0.15, 0.2) is 0 Å². The largest absolute Gasteiger partial charge is 0.459 e. The third kappa shape index (κ3) is 4.55. The number of rotatable bonds is 9. The van der Waals surface area contributed by atoms with E-state index in [0.717, 1.165) is 44.9 Å². The molecule has 1 aliphatic rings. The van der Waals surface area contributed by atoms with Crippen LogP contribution in [0, 0.1) is 22.2 Å². The number of hydrogen-bond donors (Lipinski definition) is 0. The number of carbonyl (C=O) groups excluding carboxylic acids is 1. The van der Waals surface area contributed by atoms with Gasteiger partial charge in [-0.3, -0.25) is 4.79 Å². The average molecular weight is 339 g/mol. The summed E-state index contributed by atoms with van der Waals surface area (Å²) in [6.45, 7) is 20.0. The van der Waals surface area contributed by atoms with Gasteiger partial charge < -0.3 is 4.74 Å². The second-order valence-electron chi connectivity index (χ2n) is 10.2. The van der Waals surface area contributed by atoms with E-state index in [9.17, 15) is 4.79 Å². The van der Waals surface area contributed by atoms with Crippen molar-refractivity contribution in [2.24, 2.45) is 22.2 Å². The van der Waals surface area contributed by atoms with Crippen molar-refractivity contribution in [1.82, 2.24) is 0 Å². The summed E-state index contributed by atoms with van der Waals surface area (Å²) >= 11 is 0. The van der Waals surface area contributed by atoms with Crippen molar-refractivity contribution in [2.45, 2.75) is 113 Å². The first-order valence-electron chi connectivity index (χ1n) is 10.1. The smallest absolute Gasteiger partial charge is 0.313 e. The van der Waals surface area contributed by atoms with Crippen LogP contribution in [0.5, 0.6) is 0 Å². The van der Waals surface area contributed by atoms with Crippen molar-refractivity contribution in [1.29, 1.82) is 0 Å². The lowest BCUT2D eigenvalue weighted by Crippen LogP contribution is -2.43. The fraction of sp³-hybridized carbons (Fsp3) is 0.955. The molecule has 0 heterocycles. The zero-order valence-corrected chi connectivity index (χ0v) is 17.8. The summed E-state index contributed by atoms with van der Waals surface area (Å²) in [7, 11) is 0. The quantitative estimate of drug-likeness (QED) is 0.434. The minimum atomic E-state index is -0.319. The highest BCUT2D eigenvalue weighted by molar-refractivity contribution is 5.82. The molecule has 1 rings (SSSR count). The maximum atomic E-state index is 13.3. The number of ether oxygens (including phenoxy) is 1. The fourth-order valence-corrected chi connectivity index (χ4v) is 4.77. The van der Waals surface area contributed by atoms with Crippen LogP contribution in [0.4, 0.5) is 0 Å². The van der Waals surface area contributed by atoms with E-state index in [2.05, 4.69) is 62.3 Å². The van der Waals surface area contributed by atoms with Crippen LogP contribution in [0.25, 0.3) is 0 Å². The molecule has 24 heavy (non-hydrogen) atoms. The van der Waals surface area contributed by atoms with E-state index < -0.39 is 0 Å². The molecule has 0 aromatic rings. The van der Waals surface area contributed by atoms with E-state index in [0.29, 0.717) is 5.92 Å². The van der Waals surface area contributed by atoms with E-state index in [1.165, 1.54) is 0 Å². The maximum absolute atomic E-state index is 13.3. The summed E-state index contributed by atoms with van der Waals surface area (Å²) in [5.41, 5.74) is -0.399. The Bertz CT molecular complexity index is 432. The van der Waals surface area contributed by atoms with E-state index in [-0.39, 0.29) is 27.8 Å². The molecule has 0 amide bonds. The van der Waals surface area contributed by atoms with Gasteiger partial charge in [-0.15, -0.1) is 0 Å². The van der Waals surface area contributed by atoms with Crippen molar-refractivity contribution >= 4 is 5.97 Å². The Morgan fingerprint density at radius 2 is 1.62 bits per heavy atom. The number of carbonyl (C=O) groups is 1. The lowest BCUT2D eigenvalue weighted by molar-refractivity contribution is -0.175. The molecular formula is C22H42O2. The fourth-order valence-electron chi connectivity index (χ4n) is 4.77. The number of hydrogen-bond acceptors (Lipinski definition) is 2. The Balaban J connectivity index is 3.02. The van der Waals surface area contributed by atoms with Crippen LogP contribution >= 0.6 is 0 Å². The topological polar surface area (TPSA) is 26.3 Å². The average Bonchev–Trinajstić information content (AvgIpc) is 2.96. The monoisotopic (exact) mass is 338 g/mol. The summed E-state index contributed by atoms with van der Waals surface area (Å²) in [5.74, 6) is 0.521. The van der Waals surface area contributed by atoms with Crippen LogP contribution < -0.4 is 0 Å². The van der Waals surface area contributed by atoms with Crippen LogP contribution in [0.3, 0.4) is 0 Å². The van der Waals surface area contributed by atoms with Gasteiger partial charge in [-0.1, -0.05) is 68.2 Å². The van der Waals surface area contributed by atoms with Crippen molar-refractivity contribution in [3.05, 3.63) is 0 Å². The molecule has 0 spiro atoms. The highest BCUT2D eigenvalue weighted by atomic mass is 16.6. The zero-order valence-electron chi connectivity index (χ0n) is 17.8. The van der Waals surface area contributed by atoms with E-state index in [4.69, 9.17) is 4.74 Å². The molecule has 0 saturated heterocycles. The Kier molecular flexibility index (Phi) is 6.61. The van der Waals surface area contributed by atoms with Crippen LogP contribution in [0.2, 0.25) is 0 Å². The summed E-state index contributed by atoms with van der Waals surface area (Å²) in [6, 6.07) is 0. The third-order valence-electron chi connectivity index (χ3n) is 6.20. The van der Waals surface area contributed by atoms with E-state index in [1.807, 2.05) is 0 Å². The molecule has 3 unspecified atom stereocenters. The molecule has 2 nitrogen and oxygen atoms in total. The van der Waals surface area contributed by atoms with Gasteiger partial charge in [-0.25, -0.2) is 0 Å². The van der Waals surface area contributed by atoms with Crippen LogP contribution in [0.1, 0.15) is 107 Å². The van der Waals surface area contributed by atoms with Gasteiger partial charge in [0.1, 0.15) is 5.60 Å². The molecule has 142 valence electrons. The zero-order chi connectivity index (χ0) is 18.8. The Morgan fingerprint density at radius 3 is 1.96 bits per heavy atom. The predicted molar refractivity (Wildman–Crippen MR) is 103 cm³/mol. The second kappa shape index (κ2) is 7.38. The molecule has 0 N–H and O–H groups in total. The van der Waals surface area contributed by atoms with Gasteiger partial charge in [-0.05, 0) is 55.8 Å². The Hall–Kier alpha value is -0.530. The lowest BCUT2D eigenvalue weighted by atomic mass is 9.77. The molecule has 2 heteroatoms. The normalized spacial score (nSPS) is 26.5. The molecule has 0 aromatic carbocycles. The van der Waals surface area contributed by atoms with Gasteiger partial charge >= 0.3 is 5.97 Å². The maximum Gasteiger partial charge on any atom is 0.313 e. The molecule has 0 aromatic heterocycles. The molecule has 0 aliphatic heterocycles. The van der Waals surface area contributed by atoms with Crippen LogP contribution in [-0.2, 0) is 9.53 Å². The second-order valence-corrected chi connectivity index (χ2v) is 10.2. The van der Waals surface area contributed by atoms with Crippen molar-refractivity contribution in [3.8, 4) is 0 Å². The van der Waals surface area contributed by atoms with Gasteiger partial charge in [0.25, 0.3) is 0 Å². The van der Waals surface area contributed by atoms with Gasteiger partial charge in [0, 0.05) is 0 Å². The first-order chi connectivity index (χ1) is 10.9. The van der Waals surface area contributed by atoms with Crippen LogP contribution in [-0.4, -0.2) is 11.6 Å². The molecular weight excluding hydrogens is 296 g/mol. The molecule has 1 fully saturated rings. The SMILES string of the molecule is CCCC(CC)C(C)(CCC)OC(=O)C1(CC(C)(C)C)CC1(C)C. The van der Waals surface area contributed by atoms with Gasteiger partial charge in [0.05, 0.1) is 5.41 Å². The first-order valence-corrected chi connectivity index (χ1v) is 10.1. The van der Waals surface area contributed by atoms with Crippen molar-refractivity contribution in [3.63, 3.8) is 0 Å². The molecule has 0 bridgehead atoms. The third-order valence-corrected chi connectivity index (χ3v) is 6.20. The van der Waals surface area contributed by atoms with E-state index >= 15 is 0 Å². The number of esters is 1. The molecule has 1 aliphatic carbocycles. The highest BCUT2D eigenvalue weighted by Crippen LogP contribution is 2.68. The minimum Gasteiger partial charge on any atom is -0.459 e. The Morgan fingerprint density at radius 1 is 1.08 bits per heavy atom. The minimum absolute atomic E-state index is 0.0629. The Labute approximate surface area is 151 Å². The highest BCUT2D eigenvalue weighted by Gasteiger charge is 2.68. The summed E-state index contributed by atoms with van der Waals surface area (Å²) in [5, 5.41) is 0. The summed E-state index contributed by atoms with van der Waals surface area (Å²) < 4.78 is 6.35. The molecule has 0 radical (unpaired) electrons. The predicted octanol–water partition coefficient (Wildman–Crippen LogP) is 6.77. The summed E-state index contributed by atoms with van der Waals surface area (Å²) in [6.07, 6.45) is 7.25. The molecule has 1 saturated carbocycles. The van der Waals surface area contributed by atoms with Crippen LogP contribution in [0.15, 0.2) is 0 Å². The van der Waals surface area contributed by atoms with Crippen molar-refractivity contribution in [2.75, 3.05) is 0 Å². The standard InChI is InChI=1S/C22H42O2/c1-10-13-17(12-3)21(9,14-11-2)24-18(23)22(15-19(4,5)6)16-20(22,7)8/h17H,10-16H2,1-9H3. The van der Waals surface area contributed by atoms with Gasteiger partial charge in [0.2, 0.25) is 0 Å². The van der Waals surface area contributed by atoms with Crippen molar-refractivity contribution < 1.29 is 9.53 Å². The summed E-state index contributed by atoms with van der Waals surface area (Å²) in [4.78, 5) is 13.3. The van der Waals surface area contributed by atoms with Gasteiger partial charge in [-0.2, -0.15) is 0 Å². The first kappa shape index (κ1) is 21.5. The lowest BCUT2D eigenvalue weighted by Gasteiger charge is -2.39.